The van der Waals surface area contributed by atoms with Crippen LogP contribution in [0, 0.1) is 11.7 Å². The summed E-state index contributed by atoms with van der Waals surface area (Å²) in [5.74, 6) is 1.75. The minimum Gasteiger partial charge on any atom is -0.493 e. The van der Waals surface area contributed by atoms with E-state index >= 15 is 0 Å². The molecular weight excluding hydrogens is 497 g/mol. The van der Waals surface area contributed by atoms with Crippen LogP contribution in [-0.4, -0.2) is 60.6 Å². The summed E-state index contributed by atoms with van der Waals surface area (Å²) < 4.78 is 26.2. The van der Waals surface area contributed by atoms with Crippen LogP contribution >= 0.6 is 11.6 Å². The number of methoxy groups -OCH3 is 2. The molecule has 2 N–H and O–H groups in total. The molecule has 0 radical (unpaired) electrons. The predicted octanol–water partition coefficient (Wildman–Crippen LogP) is 4.90. The van der Waals surface area contributed by atoms with Gasteiger partial charge in [-0.15, -0.1) is 0 Å². The van der Waals surface area contributed by atoms with E-state index in [0.717, 1.165) is 37.2 Å². The minimum atomic E-state index is -0.516. The van der Waals surface area contributed by atoms with Gasteiger partial charge in [0, 0.05) is 49.0 Å². The molecule has 4 heterocycles. The average Bonchev–Trinajstić information content (AvgIpc) is 3.30. The van der Waals surface area contributed by atoms with Crippen LogP contribution in [0.4, 0.5) is 14.9 Å². The van der Waals surface area contributed by atoms with Crippen molar-refractivity contribution in [1.29, 1.82) is 0 Å². The fourth-order valence-corrected chi connectivity index (χ4v) is 5.79. The number of hydrogen-bond donors (Lipinski definition) is 2. The number of piperidine rings is 3. The summed E-state index contributed by atoms with van der Waals surface area (Å²) in [5, 5.41) is 10.5. The van der Waals surface area contributed by atoms with Crippen LogP contribution in [0.1, 0.15) is 24.5 Å². The van der Waals surface area contributed by atoms with Gasteiger partial charge in [-0.2, -0.15) is 5.10 Å². The van der Waals surface area contributed by atoms with Gasteiger partial charge in [0.1, 0.15) is 5.82 Å². The first-order valence-corrected chi connectivity index (χ1v) is 12.7. The Bertz CT molecular complexity index is 1300. The molecule has 3 saturated heterocycles. The molecular formula is C27H31ClFN5O3. The number of benzene rings is 2. The maximum Gasteiger partial charge on any atom is 0.319 e. The molecule has 10 heteroatoms. The van der Waals surface area contributed by atoms with Gasteiger partial charge in [0.05, 0.1) is 24.9 Å². The molecule has 6 rings (SSSR count). The first kappa shape index (κ1) is 25.4. The van der Waals surface area contributed by atoms with Gasteiger partial charge in [-0.3, -0.25) is 9.58 Å². The summed E-state index contributed by atoms with van der Waals surface area (Å²) in [5.41, 5.74) is 3.56. The lowest BCUT2D eigenvalue weighted by molar-refractivity contribution is 0.0296. The molecule has 0 saturated carbocycles. The Hall–Kier alpha value is -3.30. The summed E-state index contributed by atoms with van der Waals surface area (Å²) in [6, 6.07) is 12.1. The number of rotatable bonds is 7. The summed E-state index contributed by atoms with van der Waals surface area (Å²) >= 11 is 5.81. The zero-order valence-corrected chi connectivity index (χ0v) is 21.9. The molecule has 3 aliphatic heterocycles. The Labute approximate surface area is 220 Å². The van der Waals surface area contributed by atoms with Gasteiger partial charge in [-0.05, 0) is 67.8 Å². The molecule has 3 aromatic rings. The summed E-state index contributed by atoms with van der Waals surface area (Å²) in [7, 11) is 5.26. The number of halogens is 2. The molecule has 196 valence electrons. The first-order valence-electron chi connectivity index (χ1n) is 12.4. The van der Waals surface area contributed by atoms with E-state index in [1.54, 1.807) is 14.2 Å². The van der Waals surface area contributed by atoms with Crippen molar-refractivity contribution in [2.45, 2.75) is 24.8 Å². The highest BCUT2D eigenvalue weighted by Crippen LogP contribution is 2.42. The highest BCUT2D eigenvalue weighted by atomic mass is 35.5. The number of aryl methyl sites for hydroxylation is 1. The average molecular weight is 528 g/mol. The number of ether oxygens (including phenoxy) is 2. The number of anilines is 1. The molecule has 2 amide bonds. The van der Waals surface area contributed by atoms with E-state index in [0.29, 0.717) is 35.6 Å². The Kier molecular flexibility index (Phi) is 7.26. The monoisotopic (exact) mass is 527 g/mol. The van der Waals surface area contributed by atoms with Crippen LogP contribution in [0.25, 0.3) is 11.3 Å². The van der Waals surface area contributed by atoms with Crippen molar-refractivity contribution >= 4 is 23.3 Å². The third-order valence-corrected chi connectivity index (χ3v) is 7.82. The van der Waals surface area contributed by atoms with Crippen LogP contribution in [0.2, 0.25) is 5.02 Å². The van der Waals surface area contributed by atoms with E-state index in [4.69, 9.17) is 26.2 Å². The third kappa shape index (κ3) is 5.24. The number of carbonyl (C=O) groups is 1. The maximum atomic E-state index is 13.4. The number of amides is 2. The molecule has 2 aromatic carbocycles. The van der Waals surface area contributed by atoms with Gasteiger partial charge in [-0.25, -0.2) is 9.18 Å². The first-order chi connectivity index (χ1) is 17.9. The predicted molar refractivity (Wildman–Crippen MR) is 141 cm³/mol. The van der Waals surface area contributed by atoms with Crippen LogP contribution in [0.5, 0.6) is 11.5 Å². The topological polar surface area (TPSA) is 80.7 Å². The van der Waals surface area contributed by atoms with Crippen LogP contribution in [0.15, 0.2) is 42.5 Å². The second kappa shape index (κ2) is 10.6. The van der Waals surface area contributed by atoms with Crippen molar-refractivity contribution in [2.24, 2.45) is 13.0 Å². The van der Waals surface area contributed by atoms with Gasteiger partial charge < -0.3 is 20.1 Å². The number of fused-ring (bicyclic) bond motifs is 3. The van der Waals surface area contributed by atoms with E-state index in [2.05, 4.69) is 21.6 Å². The Balaban J connectivity index is 1.22. The Morgan fingerprint density at radius 3 is 2.68 bits per heavy atom. The van der Waals surface area contributed by atoms with Crippen LogP contribution in [-0.2, 0) is 7.05 Å². The fraction of sp³-hybridized carbons (Fsp3) is 0.407. The normalized spacial score (nSPS) is 22.5. The van der Waals surface area contributed by atoms with Crippen molar-refractivity contribution in [3.8, 4) is 22.8 Å². The minimum absolute atomic E-state index is 0.0241. The highest BCUT2D eigenvalue weighted by Gasteiger charge is 2.41. The standard InChI is InChI=1S/C27H31ClFN5O3/c1-33-24(13-23(32-33)17-4-7-25(36-2)26(11-17)37-3)20-15-34-9-8-16(20)10-19(34)14-30-27(35)31-18-5-6-22(29)21(28)12-18/h4-7,11-13,16,19-20H,8-10,14-15H2,1-3H3,(H2,30,31,35)/t16-,19+,20-/m0/s1. The van der Waals surface area contributed by atoms with E-state index in [1.807, 2.05) is 29.9 Å². The van der Waals surface area contributed by atoms with Crippen molar-refractivity contribution in [1.82, 2.24) is 20.0 Å². The van der Waals surface area contributed by atoms with Crippen molar-refractivity contribution in [3.63, 3.8) is 0 Å². The zero-order valence-electron chi connectivity index (χ0n) is 21.1. The van der Waals surface area contributed by atoms with Gasteiger partial charge in [0.25, 0.3) is 0 Å². The molecule has 1 unspecified atom stereocenters. The van der Waals surface area contributed by atoms with Crippen molar-refractivity contribution in [2.75, 3.05) is 39.2 Å². The van der Waals surface area contributed by atoms with Gasteiger partial charge in [-0.1, -0.05) is 11.6 Å². The quantitative estimate of drug-likeness (QED) is 0.457. The molecule has 2 bridgehead atoms. The van der Waals surface area contributed by atoms with E-state index < -0.39 is 5.82 Å². The number of nitrogens with zero attached hydrogens (tertiary/aromatic N) is 3. The van der Waals surface area contributed by atoms with Crippen LogP contribution in [0.3, 0.4) is 0 Å². The lowest BCUT2D eigenvalue weighted by Crippen LogP contribution is -2.56. The number of urea groups is 1. The lowest BCUT2D eigenvalue weighted by Gasteiger charge is -2.49. The van der Waals surface area contributed by atoms with E-state index in [-0.39, 0.29) is 17.1 Å². The van der Waals surface area contributed by atoms with Gasteiger partial charge >= 0.3 is 6.03 Å². The van der Waals surface area contributed by atoms with Gasteiger partial charge in [0.15, 0.2) is 11.5 Å². The maximum absolute atomic E-state index is 13.4. The second-order valence-corrected chi connectivity index (χ2v) is 10.1. The molecule has 0 aliphatic carbocycles. The highest BCUT2D eigenvalue weighted by molar-refractivity contribution is 6.31. The number of hydrogen-bond acceptors (Lipinski definition) is 5. The molecule has 4 atom stereocenters. The fourth-order valence-electron chi connectivity index (χ4n) is 5.61. The number of carbonyl (C=O) groups excluding carboxylic acids is 1. The smallest absolute Gasteiger partial charge is 0.319 e. The van der Waals surface area contributed by atoms with Crippen molar-refractivity contribution in [3.05, 3.63) is 59.0 Å². The van der Waals surface area contributed by atoms with Gasteiger partial charge in [0.2, 0.25) is 0 Å². The van der Waals surface area contributed by atoms with E-state index in [1.165, 1.54) is 23.9 Å². The van der Waals surface area contributed by atoms with Crippen molar-refractivity contribution < 1.29 is 18.7 Å². The lowest BCUT2D eigenvalue weighted by atomic mass is 9.74. The molecule has 0 spiro atoms. The molecule has 3 fully saturated rings. The molecule has 3 aliphatic rings. The molecule has 1 aromatic heterocycles. The third-order valence-electron chi connectivity index (χ3n) is 7.53. The second-order valence-electron chi connectivity index (χ2n) is 9.65. The summed E-state index contributed by atoms with van der Waals surface area (Å²) in [6.07, 6.45) is 2.13. The Morgan fingerprint density at radius 1 is 1.16 bits per heavy atom. The Morgan fingerprint density at radius 2 is 1.97 bits per heavy atom. The SMILES string of the molecule is COc1ccc(-c2cc([C@H]3CN4CC[C@H]3C[C@@H]4CNC(=O)Nc3ccc(F)c(Cl)c3)n(C)n2)cc1OC. The van der Waals surface area contributed by atoms with Crippen LogP contribution < -0.4 is 20.1 Å². The van der Waals surface area contributed by atoms with E-state index in [9.17, 15) is 9.18 Å². The summed E-state index contributed by atoms with van der Waals surface area (Å²) in [6.45, 7) is 2.49. The zero-order chi connectivity index (χ0) is 26.1. The number of nitrogens with one attached hydrogen (secondary N) is 2. The molecule has 8 nitrogen and oxygen atoms in total. The largest absolute Gasteiger partial charge is 0.493 e. The number of aromatic nitrogens is 2. The summed E-state index contributed by atoms with van der Waals surface area (Å²) in [4.78, 5) is 14.9. The molecule has 37 heavy (non-hydrogen) atoms.